The molecule has 1 aromatic rings. The van der Waals surface area contributed by atoms with Gasteiger partial charge in [-0.05, 0) is 24.6 Å². The Labute approximate surface area is 177 Å². The van der Waals surface area contributed by atoms with Crippen molar-refractivity contribution in [3.05, 3.63) is 33.8 Å². The predicted octanol–water partition coefficient (Wildman–Crippen LogP) is 2.37. The van der Waals surface area contributed by atoms with Gasteiger partial charge in [-0.25, -0.2) is 0 Å². The van der Waals surface area contributed by atoms with Gasteiger partial charge in [-0.3, -0.25) is 9.69 Å². The normalized spacial score (nSPS) is 17.6. The molecule has 0 aliphatic carbocycles. The molecular weight excluding hydrogens is 423 g/mol. The number of rotatable bonds is 8. The Kier molecular flexibility index (Phi) is 8.54. The van der Waals surface area contributed by atoms with Gasteiger partial charge in [0.05, 0.1) is 12.6 Å². The van der Waals surface area contributed by atoms with Gasteiger partial charge in [0.2, 0.25) is 5.91 Å². The summed E-state index contributed by atoms with van der Waals surface area (Å²) in [4.78, 5) is 14.3. The molecule has 1 N–H and O–H groups in total. The second-order valence-electron chi connectivity index (χ2n) is 6.72. The number of hydrogen-bond donors (Lipinski definition) is 1. The van der Waals surface area contributed by atoms with Crippen LogP contribution in [0.2, 0.25) is 10.0 Å². The average molecular weight is 451 g/mol. The van der Waals surface area contributed by atoms with E-state index in [1.165, 1.54) is 8.61 Å². The zero-order valence-corrected chi connectivity index (χ0v) is 18.8. The number of halogens is 2. The van der Waals surface area contributed by atoms with Crippen molar-refractivity contribution in [2.24, 2.45) is 0 Å². The summed E-state index contributed by atoms with van der Waals surface area (Å²) in [7, 11) is -3.43. The Bertz CT molecular complexity index is 779. The fourth-order valence-electron chi connectivity index (χ4n) is 3.25. The van der Waals surface area contributed by atoms with Crippen LogP contribution in [0.1, 0.15) is 32.4 Å². The maximum atomic E-state index is 12.6. The molecule has 0 radical (unpaired) electrons. The lowest BCUT2D eigenvalue weighted by Crippen LogP contribution is -2.54. The number of benzene rings is 1. The van der Waals surface area contributed by atoms with Crippen LogP contribution >= 0.6 is 23.2 Å². The van der Waals surface area contributed by atoms with Gasteiger partial charge in [0.1, 0.15) is 0 Å². The molecule has 0 saturated carbocycles. The molecule has 0 bridgehead atoms. The molecule has 28 heavy (non-hydrogen) atoms. The Morgan fingerprint density at radius 3 is 2.32 bits per heavy atom. The van der Waals surface area contributed by atoms with E-state index in [4.69, 9.17) is 23.2 Å². The standard InChI is InChI=1S/C18H28Cl2N4O3S/c1-4-23(5-2)28(26,27)24-10-8-22(9-11-24)13-18(25)21-14(3)16-7-6-15(19)12-17(16)20/h6-7,12,14H,4-5,8-11,13H2,1-3H3,(H,21,25). The number of nitrogens with zero attached hydrogens (tertiary/aromatic N) is 3. The second-order valence-corrected chi connectivity index (χ2v) is 9.49. The molecule has 1 saturated heterocycles. The van der Waals surface area contributed by atoms with Gasteiger partial charge in [-0.2, -0.15) is 17.0 Å². The number of hydrogen-bond acceptors (Lipinski definition) is 4. The van der Waals surface area contributed by atoms with E-state index in [1.807, 2.05) is 25.7 Å². The Morgan fingerprint density at radius 1 is 1.18 bits per heavy atom. The highest BCUT2D eigenvalue weighted by Crippen LogP contribution is 2.26. The quantitative estimate of drug-likeness (QED) is 0.659. The van der Waals surface area contributed by atoms with Gasteiger partial charge < -0.3 is 5.32 Å². The molecule has 2 rings (SSSR count). The molecule has 1 unspecified atom stereocenters. The summed E-state index contributed by atoms with van der Waals surface area (Å²) in [6, 6.07) is 4.94. The van der Waals surface area contributed by atoms with Crippen molar-refractivity contribution in [2.75, 3.05) is 45.8 Å². The van der Waals surface area contributed by atoms with Crippen LogP contribution < -0.4 is 5.32 Å². The van der Waals surface area contributed by atoms with Gasteiger partial charge in [-0.1, -0.05) is 43.1 Å². The van der Waals surface area contributed by atoms with E-state index < -0.39 is 10.2 Å². The highest BCUT2D eigenvalue weighted by molar-refractivity contribution is 7.86. The van der Waals surface area contributed by atoms with Gasteiger partial charge in [0.25, 0.3) is 10.2 Å². The third kappa shape index (κ3) is 5.81. The molecule has 1 fully saturated rings. The van der Waals surface area contributed by atoms with Crippen LogP contribution in [0, 0.1) is 0 Å². The molecule has 7 nitrogen and oxygen atoms in total. The van der Waals surface area contributed by atoms with Crippen LogP contribution in [-0.2, 0) is 15.0 Å². The Morgan fingerprint density at radius 2 is 1.79 bits per heavy atom. The molecule has 1 aromatic carbocycles. The molecule has 0 aromatic heterocycles. The molecule has 158 valence electrons. The number of carbonyl (C=O) groups excluding carboxylic acids is 1. The van der Waals surface area contributed by atoms with Crippen molar-refractivity contribution < 1.29 is 13.2 Å². The van der Waals surface area contributed by atoms with Gasteiger partial charge in [0.15, 0.2) is 0 Å². The fourth-order valence-corrected chi connectivity index (χ4v) is 5.43. The van der Waals surface area contributed by atoms with Crippen molar-refractivity contribution >= 4 is 39.3 Å². The number of nitrogens with one attached hydrogen (secondary N) is 1. The first-order valence-electron chi connectivity index (χ1n) is 9.40. The van der Waals surface area contributed by atoms with Crippen LogP contribution in [0.15, 0.2) is 18.2 Å². The summed E-state index contributed by atoms with van der Waals surface area (Å²) in [6.45, 7) is 8.43. The van der Waals surface area contributed by atoms with Gasteiger partial charge in [0, 0.05) is 49.3 Å². The van der Waals surface area contributed by atoms with Crippen LogP contribution in [-0.4, -0.2) is 73.6 Å². The largest absolute Gasteiger partial charge is 0.348 e. The van der Waals surface area contributed by atoms with Crippen molar-refractivity contribution in [3.63, 3.8) is 0 Å². The van der Waals surface area contributed by atoms with E-state index >= 15 is 0 Å². The van der Waals surface area contributed by atoms with Gasteiger partial charge in [-0.15, -0.1) is 0 Å². The molecule has 0 spiro atoms. The summed E-state index contributed by atoms with van der Waals surface area (Å²) >= 11 is 12.1. The van der Waals surface area contributed by atoms with Crippen LogP contribution in [0.25, 0.3) is 0 Å². The van der Waals surface area contributed by atoms with E-state index in [0.717, 1.165) is 5.56 Å². The summed E-state index contributed by atoms with van der Waals surface area (Å²) in [5.74, 6) is -0.126. The summed E-state index contributed by atoms with van der Waals surface area (Å²) in [6.07, 6.45) is 0. The third-order valence-corrected chi connectivity index (χ3v) is 7.61. The molecule has 1 atom stereocenters. The molecule has 1 amide bonds. The topological polar surface area (TPSA) is 73.0 Å². The van der Waals surface area contributed by atoms with E-state index in [-0.39, 0.29) is 18.5 Å². The van der Waals surface area contributed by atoms with E-state index in [1.54, 1.807) is 18.2 Å². The molecular formula is C18H28Cl2N4O3S. The minimum Gasteiger partial charge on any atom is -0.348 e. The first-order chi connectivity index (χ1) is 13.2. The first kappa shape index (κ1) is 23.4. The monoisotopic (exact) mass is 450 g/mol. The lowest BCUT2D eigenvalue weighted by molar-refractivity contribution is -0.123. The lowest BCUT2D eigenvalue weighted by atomic mass is 10.1. The second kappa shape index (κ2) is 10.2. The van der Waals surface area contributed by atoms with Crippen LogP contribution in [0.5, 0.6) is 0 Å². The zero-order chi connectivity index (χ0) is 20.9. The van der Waals surface area contributed by atoms with E-state index in [2.05, 4.69) is 5.32 Å². The number of carbonyl (C=O) groups is 1. The minimum absolute atomic E-state index is 0.126. The average Bonchev–Trinajstić information content (AvgIpc) is 2.62. The summed E-state index contributed by atoms with van der Waals surface area (Å²) < 4.78 is 28.1. The number of amides is 1. The lowest BCUT2D eigenvalue weighted by Gasteiger charge is -2.36. The summed E-state index contributed by atoms with van der Waals surface area (Å²) in [5.41, 5.74) is 0.801. The highest BCUT2D eigenvalue weighted by Gasteiger charge is 2.31. The van der Waals surface area contributed by atoms with E-state index in [9.17, 15) is 13.2 Å². The molecule has 1 aliphatic rings. The third-order valence-electron chi connectivity index (χ3n) is 4.86. The maximum Gasteiger partial charge on any atom is 0.282 e. The maximum absolute atomic E-state index is 12.6. The highest BCUT2D eigenvalue weighted by atomic mass is 35.5. The SMILES string of the molecule is CCN(CC)S(=O)(=O)N1CCN(CC(=O)NC(C)c2ccc(Cl)cc2Cl)CC1. The number of piperazine rings is 1. The molecule has 10 heteroatoms. The zero-order valence-electron chi connectivity index (χ0n) is 16.5. The molecule has 1 heterocycles. The Balaban J connectivity index is 1.86. The van der Waals surface area contributed by atoms with Crippen molar-refractivity contribution in [1.82, 2.24) is 18.8 Å². The van der Waals surface area contributed by atoms with E-state index in [0.29, 0.717) is 49.3 Å². The van der Waals surface area contributed by atoms with Crippen molar-refractivity contribution in [3.8, 4) is 0 Å². The summed E-state index contributed by atoms with van der Waals surface area (Å²) in [5, 5.41) is 3.99. The van der Waals surface area contributed by atoms with Crippen LogP contribution in [0.3, 0.4) is 0 Å². The van der Waals surface area contributed by atoms with Crippen molar-refractivity contribution in [2.45, 2.75) is 26.8 Å². The predicted molar refractivity (Wildman–Crippen MR) is 113 cm³/mol. The first-order valence-corrected chi connectivity index (χ1v) is 11.6. The minimum atomic E-state index is -3.43. The van der Waals surface area contributed by atoms with Crippen molar-refractivity contribution in [1.29, 1.82) is 0 Å². The van der Waals surface area contributed by atoms with Crippen LogP contribution in [0.4, 0.5) is 0 Å². The fraction of sp³-hybridized carbons (Fsp3) is 0.611. The van der Waals surface area contributed by atoms with Gasteiger partial charge >= 0.3 is 0 Å². The molecule has 1 aliphatic heterocycles. The Hall–Kier alpha value is -0.900. The smallest absolute Gasteiger partial charge is 0.282 e.